The third-order valence-corrected chi connectivity index (χ3v) is 5.34. The molecule has 1 aromatic carbocycles. The van der Waals surface area contributed by atoms with Gasteiger partial charge in [0.2, 0.25) is 0 Å². The average Bonchev–Trinajstić information content (AvgIpc) is 3.06. The molecule has 0 aliphatic carbocycles. The third-order valence-electron chi connectivity index (χ3n) is 4.17. The summed E-state index contributed by atoms with van der Waals surface area (Å²) in [5, 5.41) is 10.4. The van der Waals surface area contributed by atoms with Crippen LogP contribution in [0.5, 0.6) is 0 Å². The van der Waals surface area contributed by atoms with E-state index >= 15 is 0 Å². The van der Waals surface area contributed by atoms with Crippen LogP contribution in [0.15, 0.2) is 29.3 Å². The van der Waals surface area contributed by atoms with Crippen LogP contribution in [-0.2, 0) is 5.54 Å². The minimum Gasteiger partial charge on any atom is -0.270 e. The molecule has 4 rings (SSSR count). The number of fused-ring (bicyclic) bond motifs is 3. The number of aliphatic imine (C=N–C) groups is 1. The smallest absolute Gasteiger partial charge is 0.165 e. The first-order valence-electron chi connectivity index (χ1n) is 7.64. The van der Waals surface area contributed by atoms with Crippen molar-refractivity contribution in [2.24, 2.45) is 4.99 Å². The van der Waals surface area contributed by atoms with Gasteiger partial charge in [0.25, 0.3) is 0 Å². The van der Waals surface area contributed by atoms with Gasteiger partial charge in [-0.15, -0.1) is 10.2 Å². The van der Waals surface area contributed by atoms with Gasteiger partial charge in [-0.2, -0.15) is 4.37 Å². The van der Waals surface area contributed by atoms with Gasteiger partial charge in [-0.05, 0) is 51.4 Å². The molecule has 3 aromatic rings. The van der Waals surface area contributed by atoms with Gasteiger partial charge in [-0.1, -0.05) is 23.7 Å². The van der Waals surface area contributed by atoms with Crippen LogP contribution in [0.1, 0.15) is 42.3 Å². The van der Waals surface area contributed by atoms with Crippen molar-refractivity contribution in [2.75, 3.05) is 0 Å². The number of hydrogen-bond donors (Lipinski definition) is 0. The van der Waals surface area contributed by atoms with E-state index in [0.717, 1.165) is 39.2 Å². The fourth-order valence-corrected chi connectivity index (χ4v) is 4.06. The molecule has 7 heteroatoms. The van der Waals surface area contributed by atoms with E-state index in [1.54, 1.807) is 0 Å². The summed E-state index contributed by atoms with van der Waals surface area (Å²) < 4.78 is 6.63. The van der Waals surface area contributed by atoms with Crippen LogP contribution in [0.2, 0.25) is 5.02 Å². The quantitative estimate of drug-likeness (QED) is 0.659. The van der Waals surface area contributed by atoms with E-state index in [9.17, 15) is 0 Å². The van der Waals surface area contributed by atoms with Crippen molar-refractivity contribution in [3.8, 4) is 5.00 Å². The molecule has 0 atom stereocenters. The van der Waals surface area contributed by atoms with Crippen molar-refractivity contribution in [1.29, 1.82) is 0 Å². The number of nitrogens with zero attached hydrogens (tertiary/aromatic N) is 5. The lowest BCUT2D eigenvalue weighted by atomic mass is 10.0. The van der Waals surface area contributed by atoms with Gasteiger partial charge in [0.15, 0.2) is 5.82 Å². The summed E-state index contributed by atoms with van der Waals surface area (Å²) in [6.07, 6.45) is 0. The molecule has 24 heavy (non-hydrogen) atoms. The van der Waals surface area contributed by atoms with E-state index in [0.29, 0.717) is 5.02 Å². The fourth-order valence-electron chi connectivity index (χ4n) is 2.99. The normalized spacial score (nSPS) is 15.5. The van der Waals surface area contributed by atoms with Gasteiger partial charge in [-0.25, -0.2) is 0 Å². The first-order valence-corrected chi connectivity index (χ1v) is 8.79. The van der Waals surface area contributed by atoms with Crippen LogP contribution in [0.25, 0.3) is 5.00 Å². The summed E-state index contributed by atoms with van der Waals surface area (Å²) in [4.78, 5) is 5.05. The maximum absolute atomic E-state index is 6.05. The Morgan fingerprint density at radius 1 is 1.08 bits per heavy atom. The number of aryl methyl sites for hydroxylation is 2. The Balaban J connectivity index is 2.06. The zero-order valence-electron chi connectivity index (χ0n) is 13.8. The number of hydrogen-bond acceptors (Lipinski definition) is 5. The predicted molar refractivity (Wildman–Crippen MR) is 96.6 cm³/mol. The van der Waals surface area contributed by atoms with E-state index in [-0.39, 0.29) is 0 Å². The second-order valence-corrected chi connectivity index (χ2v) is 7.57. The van der Waals surface area contributed by atoms with Crippen LogP contribution in [0.3, 0.4) is 0 Å². The van der Waals surface area contributed by atoms with Crippen molar-refractivity contribution in [2.45, 2.75) is 33.2 Å². The average molecular weight is 358 g/mol. The summed E-state index contributed by atoms with van der Waals surface area (Å²) in [7, 11) is 0. The zero-order chi connectivity index (χ0) is 17.1. The van der Waals surface area contributed by atoms with Crippen LogP contribution < -0.4 is 0 Å². The molecule has 1 aliphatic rings. The lowest BCUT2D eigenvalue weighted by Gasteiger charge is -2.18. The van der Waals surface area contributed by atoms with Gasteiger partial charge in [0.05, 0.1) is 17.0 Å². The molecular weight excluding hydrogens is 342 g/mol. The van der Waals surface area contributed by atoms with Crippen LogP contribution in [-0.4, -0.2) is 24.8 Å². The Labute approximate surface area is 149 Å². The minimum absolute atomic E-state index is 0.499. The number of rotatable bonds is 1. The molecule has 0 saturated carbocycles. The van der Waals surface area contributed by atoms with Gasteiger partial charge < -0.3 is 0 Å². The first-order chi connectivity index (χ1) is 11.4. The van der Waals surface area contributed by atoms with E-state index in [1.165, 1.54) is 11.5 Å². The van der Waals surface area contributed by atoms with Crippen molar-refractivity contribution in [1.82, 2.24) is 19.1 Å². The molecule has 0 saturated heterocycles. The standard InChI is InChI=1S/C17H16ClN5S/c1-9-13-14(11-5-7-12(18)8-6-11)19-17(3,4)16-21-20-10(2)23(16)15(13)24-22-9/h5-8H,1-4H3. The number of halogens is 1. The predicted octanol–water partition coefficient (Wildman–Crippen LogP) is 4.08. The molecule has 0 fully saturated rings. The molecule has 122 valence electrons. The van der Waals surface area contributed by atoms with Crippen molar-refractivity contribution in [3.63, 3.8) is 0 Å². The second kappa shape index (κ2) is 5.22. The Hall–Kier alpha value is -2.05. The second-order valence-electron chi connectivity index (χ2n) is 6.38. The number of aromatic nitrogens is 4. The highest BCUT2D eigenvalue weighted by Gasteiger charge is 2.35. The van der Waals surface area contributed by atoms with Crippen LogP contribution in [0, 0.1) is 13.8 Å². The van der Waals surface area contributed by atoms with Gasteiger partial charge in [-0.3, -0.25) is 9.56 Å². The SMILES string of the molecule is Cc1nsc2c1C(c1ccc(Cl)cc1)=NC(C)(C)c1nnc(C)n1-2. The van der Waals surface area contributed by atoms with Crippen LogP contribution in [0.4, 0.5) is 0 Å². The largest absolute Gasteiger partial charge is 0.270 e. The lowest BCUT2D eigenvalue weighted by Crippen LogP contribution is -2.20. The molecule has 0 amide bonds. The highest BCUT2D eigenvalue weighted by molar-refractivity contribution is 7.09. The zero-order valence-corrected chi connectivity index (χ0v) is 15.4. The molecule has 0 unspecified atom stereocenters. The van der Waals surface area contributed by atoms with E-state index in [4.69, 9.17) is 16.6 Å². The van der Waals surface area contributed by atoms with E-state index in [1.807, 2.05) is 38.1 Å². The number of benzene rings is 1. The summed E-state index contributed by atoms with van der Waals surface area (Å²) >= 11 is 7.51. The molecule has 5 nitrogen and oxygen atoms in total. The molecular formula is C17H16ClN5S. The Kier molecular flexibility index (Phi) is 3.37. The minimum atomic E-state index is -0.499. The van der Waals surface area contributed by atoms with Crippen LogP contribution >= 0.6 is 23.1 Å². The van der Waals surface area contributed by atoms with Gasteiger partial charge in [0, 0.05) is 10.6 Å². The molecule has 0 bridgehead atoms. The van der Waals surface area contributed by atoms with Gasteiger partial charge in [0.1, 0.15) is 16.4 Å². The monoisotopic (exact) mass is 357 g/mol. The fraction of sp³-hybridized carbons (Fsp3) is 0.294. The summed E-state index contributed by atoms with van der Waals surface area (Å²) in [5.41, 5.74) is 3.44. The maximum atomic E-state index is 6.05. The molecule has 2 aromatic heterocycles. The van der Waals surface area contributed by atoms with E-state index in [2.05, 4.69) is 33.0 Å². The van der Waals surface area contributed by atoms with Gasteiger partial charge >= 0.3 is 0 Å². The topological polar surface area (TPSA) is 56.0 Å². The first kappa shape index (κ1) is 15.5. The molecule has 0 spiro atoms. The van der Waals surface area contributed by atoms with Crippen molar-refractivity contribution in [3.05, 3.63) is 57.8 Å². The van der Waals surface area contributed by atoms with Crippen molar-refractivity contribution >= 4 is 28.8 Å². The molecule has 3 heterocycles. The Morgan fingerprint density at radius 2 is 1.79 bits per heavy atom. The molecule has 1 aliphatic heterocycles. The third kappa shape index (κ3) is 2.21. The Morgan fingerprint density at radius 3 is 2.50 bits per heavy atom. The Bertz CT molecular complexity index is 966. The van der Waals surface area contributed by atoms with E-state index < -0.39 is 5.54 Å². The lowest BCUT2D eigenvalue weighted by molar-refractivity contribution is 0.510. The maximum Gasteiger partial charge on any atom is 0.165 e. The summed E-state index contributed by atoms with van der Waals surface area (Å²) in [6, 6.07) is 7.77. The highest BCUT2D eigenvalue weighted by Crippen LogP contribution is 2.37. The highest BCUT2D eigenvalue weighted by atomic mass is 35.5. The molecule has 0 radical (unpaired) electrons. The molecule has 0 N–H and O–H groups in total. The summed E-state index contributed by atoms with van der Waals surface area (Å²) in [6.45, 7) is 8.08. The van der Waals surface area contributed by atoms with Crippen molar-refractivity contribution < 1.29 is 0 Å². The summed E-state index contributed by atoms with van der Waals surface area (Å²) in [5.74, 6) is 1.67.